The summed E-state index contributed by atoms with van der Waals surface area (Å²) in [6, 6.07) is 5.83. The molecule has 6 nitrogen and oxygen atoms in total. The number of rotatable bonds is 4. The number of fused-ring (bicyclic) bond motifs is 3. The molecule has 0 saturated carbocycles. The summed E-state index contributed by atoms with van der Waals surface area (Å²) in [4.78, 5) is 10.1. The van der Waals surface area contributed by atoms with E-state index in [1.54, 1.807) is 17.5 Å². The van der Waals surface area contributed by atoms with Crippen LogP contribution in [0.25, 0.3) is 11.3 Å². The molecule has 2 aromatic heterocycles. The molecule has 0 bridgehead atoms. The van der Waals surface area contributed by atoms with Crippen molar-refractivity contribution in [3.63, 3.8) is 0 Å². The van der Waals surface area contributed by atoms with Gasteiger partial charge in [0.2, 0.25) is 0 Å². The molecule has 1 aliphatic heterocycles. The van der Waals surface area contributed by atoms with Crippen LogP contribution in [0, 0.1) is 20.8 Å². The van der Waals surface area contributed by atoms with Crippen molar-refractivity contribution < 1.29 is 18.3 Å². The van der Waals surface area contributed by atoms with Crippen molar-refractivity contribution in [2.75, 3.05) is 13.0 Å². The molecular weight excluding hydrogens is 419 g/mol. The number of nitrogens with zero attached hydrogens (tertiary/aromatic N) is 2. The van der Waals surface area contributed by atoms with Gasteiger partial charge in [-0.3, -0.25) is 14.1 Å². The first-order valence-corrected chi connectivity index (χ1v) is 12.6. The second kappa shape index (κ2) is 7.57. The topological polar surface area (TPSA) is 70.5 Å². The van der Waals surface area contributed by atoms with Gasteiger partial charge in [0.1, 0.15) is 5.75 Å². The van der Waals surface area contributed by atoms with Crippen LogP contribution < -0.4 is 4.74 Å². The Balaban J connectivity index is 1.41. The van der Waals surface area contributed by atoms with Crippen molar-refractivity contribution >= 4 is 18.9 Å². The number of hydrogen-bond donors (Lipinski definition) is 0. The average Bonchev–Trinajstić information content (AvgIpc) is 3.32. The molecule has 1 aliphatic carbocycles. The third-order valence-electron chi connectivity index (χ3n) is 5.88. The van der Waals surface area contributed by atoms with E-state index in [-0.39, 0.29) is 12.5 Å². The second-order valence-corrected chi connectivity index (χ2v) is 10.6. The minimum atomic E-state index is -3.41. The molecule has 0 spiro atoms. The smallest absolute Gasteiger partial charge is 0.368 e. The zero-order chi connectivity index (χ0) is 20.9. The Morgan fingerprint density at radius 1 is 1.30 bits per heavy atom. The number of ether oxygens (including phenoxy) is 1. The van der Waals surface area contributed by atoms with Crippen LogP contribution in [0.5, 0.6) is 5.75 Å². The standard InChI is InChI=1S/C22H23N2O4PS/c1-13-9-19(21-17(14(13)2)10-20-22(21)24-11-30-20)26-12-29(25)27-8-6-18(28-29)16-5-4-7-23-15(16)3/h4-5,7,9,11,18H,6,8,10,12H2,1-3H3/t18-,29+/m1/s1. The van der Waals surface area contributed by atoms with Crippen molar-refractivity contribution in [2.45, 2.75) is 39.7 Å². The molecular formula is C22H23N2O4PS. The molecule has 0 radical (unpaired) electrons. The third kappa shape index (κ3) is 3.40. The highest BCUT2D eigenvalue weighted by Gasteiger charge is 2.37. The zero-order valence-corrected chi connectivity index (χ0v) is 18.9. The Bertz CT molecular complexity index is 1180. The van der Waals surface area contributed by atoms with Gasteiger partial charge in [-0.25, -0.2) is 4.98 Å². The number of thiazole rings is 1. The molecule has 1 fully saturated rings. The predicted molar refractivity (Wildman–Crippen MR) is 116 cm³/mol. The summed E-state index contributed by atoms with van der Waals surface area (Å²) < 4.78 is 31.0. The van der Waals surface area contributed by atoms with E-state index in [0.29, 0.717) is 18.8 Å². The summed E-state index contributed by atoms with van der Waals surface area (Å²) in [6.07, 6.45) is 2.81. The monoisotopic (exact) mass is 442 g/mol. The minimum absolute atomic E-state index is 0.128. The highest BCUT2D eigenvalue weighted by Crippen LogP contribution is 2.57. The first kappa shape index (κ1) is 19.9. The molecule has 2 aliphatic rings. The van der Waals surface area contributed by atoms with Gasteiger partial charge in [0.25, 0.3) is 0 Å². The van der Waals surface area contributed by atoms with Crippen molar-refractivity contribution in [3.05, 3.63) is 62.7 Å². The van der Waals surface area contributed by atoms with Crippen molar-refractivity contribution in [3.8, 4) is 17.0 Å². The number of aryl methyl sites for hydroxylation is 2. The normalized spacial score (nSPS) is 22.6. The van der Waals surface area contributed by atoms with Crippen molar-refractivity contribution in [2.24, 2.45) is 0 Å². The van der Waals surface area contributed by atoms with E-state index < -0.39 is 7.60 Å². The van der Waals surface area contributed by atoms with Crippen molar-refractivity contribution in [1.82, 2.24) is 9.97 Å². The predicted octanol–water partition coefficient (Wildman–Crippen LogP) is 5.74. The van der Waals surface area contributed by atoms with Gasteiger partial charge in [-0.2, -0.15) is 0 Å². The fourth-order valence-electron chi connectivity index (χ4n) is 4.15. The lowest BCUT2D eigenvalue weighted by Gasteiger charge is -2.30. The van der Waals surface area contributed by atoms with E-state index in [9.17, 15) is 4.57 Å². The SMILES string of the molecule is Cc1cc(OC[P@]2(=O)OCC[C@H](c3cccnc3C)O2)c2c(c1C)Cc1scnc1-2. The quantitative estimate of drug-likeness (QED) is 0.375. The molecule has 3 aromatic rings. The van der Waals surface area contributed by atoms with E-state index in [2.05, 4.69) is 23.8 Å². The largest absolute Gasteiger partial charge is 0.480 e. The number of hydrogen-bond acceptors (Lipinski definition) is 7. The maximum Gasteiger partial charge on any atom is 0.368 e. The van der Waals surface area contributed by atoms with Crippen LogP contribution in [0.1, 0.15) is 45.3 Å². The fourth-order valence-corrected chi connectivity index (χ4v) is 6.41. The van der Waals surface area contributed by atoms with Crippen LogP contribution in [0.2, 0.25) is 0 Å². The molecule has 30 heavy (non-hydrogen) atoms. The van der Waals surface area contributed by atoms with Crippen LogP contribution in [-0.2, 0) is 20.0 Å². The highest BCUT2D eigenvalue weighted by atomic mass is 32.1. The number of benzene rings is 1. The highest BCUT2D eigenvalue weighted by molar-refractivity contribution is 7.53. The molecule has 0 amide bonds. The maximum absolute atomic E-state index is 13.3. The lowest BCUT2D eigenvalue weighted by molar-refractivity contribution is 0.0720. The van der Waals surface area contributed by atoms with Gasteiger partial charge >= 0.3 is 7.60 Å². The van der Waals surface area contributed by atoms with E-state index in [4.69, 9.17) is 13.8 Å². The van der Waals surface area contributed by atoms with E-state index in [0.717, 1.165) is 34.5 Å². The maximum atomic E-state index is 13.3. The fraction of sp³-hybridized carbons (Fsp3) is 0.364. The van der Waals surface area contributed by atoms with Gasteiger partial charge in [-0.05, 0) is 49.6 Å². The molecule has 8 heteroatoms. The Kier molecular flexibility index (Phi) is 5.02. The Hall–Kier alpha value is -2.05. The van der Waals surface area contributed by atoms with Crippen molar-refractivity contribution in [1.29, 1.82) is 0 Å². The molecule has 156 valence electrons. The van der Waals surface area contributed by atoms with Gasteiger partial charge in [0.15, 0.2) is 6.35 Å². The number of aromatic nitrogens is 2. The second-order valence-electron chi connectivity index (χ2n) is 7.75. The summed E-state index contributed by atoms with van der Waals surface area (Å²) in [5.41, 5.74) is 9.31. The van der Waals surface area contributed by atoms with Gasteiger partial charge in [0, 0.05) is 40.7 Å². The zero-order valence-electron chi connectivity index (χ0n) is 17.2. The first-order valence-electron chi connectivity index (χ1n) is 9.97. The van der Waals surface area contributed by atoms with E-state index in [1.807, 2.05) is 30.6 Å². The third-order valence-corrected chi connectivity index (χ3v) is 8.31. The van der Waals surface area contributed by atoms with Gasteiger partial charge < -0.3 is 9.26 Å². The van der Waals surface area contributed by atoms with E-state index >= 15 is 0 Å². The minimum Gasteiger partial charge on any atom is -0.480 e. The first-order chi connectivity index (χ1) is 14.5. The molecule has 0 N–H and O–H groups in total. The molecule has 1 aromatic carbocycles. The van der Waals surface area contributed by atoms with Crippen LogP contribution in [0.4, 0.5) is 0 Å². The lowest BCUT2D eigenvalue weighted by atomic mass is 9.98. The summed E-state index contributed by atoms with van der Waals surface area (Å²) in [5, 5.41) is 0. The van der Waals surface area contributed by atoms with Crippen LogP contribution in [0.15, 0.2) is 29.9 Å². The summed E-state index contributed by atoms with van der Waals surface area (Å²) in [5.74, 6) is 0.694. The Morgan fingerprint density at radius 2 is 2.17 bits per heavy atom. The van der Waals surface area contributed by atoms with E-state index in [1.165, 1.54) is 16.0 Å². The molecule has 2 atom stereocenters. The molecule has 1 saturated heterocycles. The van der Waals surface area contributed by atoms with Crippen LogP contribution in [0.3, 0.4) is 0 Å². The molecule has 5 rings (SSSR count). The van der Waals surface area contributed by atoms with Gasteiger partial charge in [0.05, 0.1) is 23.9 Å². The van der Waals surface area contributed by atoms with Gasteiger partial charge in [-0.1, -0.05) is 6.07 Å². The lowest BCUT2D eigenvalue weighted by Crippen LogP contribution is -2.18. The molecule has 0 unspecified atom stereocenters. The average molecular weight is 442 g/mol. The Labute approximate surface area is 179 Å². The van der Waals surface area contributed by atoms with Gasteiger partial charge in [-0.15, -0.1) is 11.3 Å². The number of pyridine rings is 1. The van der Waals surface area contributed by atoms with Crippen LogP contribution >= 0.6 is 18.9 Å². The molecule has 3 heterocycles. The Morgan fingerprint density at radius 3 is 3.00 bits per heavy atom. The van der Waals surface area contributed by atoms with Crippen LogP contribution in [-0.4, -0.2) is 22.9 Å². The summed E-state index contributed by atoms with van der Waals surface area (Å²) in [6.45, 7) is 6.49. The summed E-state index contributed by atoms with van der Waals surface area (Å²) in [7, 11) is -3.41. The summed E-state index contributed by atoms with van der Waals surface area (Å²) >= 11 is 1.66.